The van der Waals surface area contributed by atoms with Gasteiger partial charge in [0.1, 0.15) is 0 Å². The molecule has 0 atom stereocenters. The summed E-state index contributed by atoms with van der Waals surface area (Å²) in [6.07, 6.45) is 1.86. The van der Waals surface area contributed by atoms with Crippen molar-refractivity contribution < 1.29 is 9.53 Å². The van der Waals surface area contributed by atoms with Gasteiger partial charge in [-0.3, -0.25) is 4.40 Å². The first kappa shape index (κ1) is 17.2. The Morgan fingerprint density at radius 2 is 1.92 bits per heavy atom. The molecule has 0 spiro atoms. The Kier molecular flexibility index (Phi) is 5.69. The summed E-state index contributed by atoms with van der Waals surface area (Å²) in [6, 6.07) is 10.9. The Morgan fingerprint density at radius 1 is 1.12 bits per heavy atom. The molecular weight excluding hydrogens is 302 g/mol. The van der Waals surface area contributed by atoms with Crippen LogP contribution >= 0.6 is 0 Å². The zero-order valence-corrected chi connectivity index (χ0v) is 14.2. The molecule has 0 aliphatic carbocycles. The van der Waals surface area contributed by atoms with E-state index in [1.165, 1.54) is 7.11 Å². The summed E-state index contributed by atoms with van der Waals surface area (Å²) in [7, 11) is 1.36. The number of fused-ring (bicyclic) bond motifs is 1. The molecule has 0 saturated heterocycles. The fraction of sp³-hybridized carbons (Fsp3) is 0.211. The molecule has 0 fully saturated rings. The average Bonchev–Trinajstić information content (AvgIpc) is 3.05. The van der Waals surface area contributed by atoms with E-state index < -0.39 is 0 Å². The van der Waals surface area contributed by atoms with Crippen molar-refractivity contribution in [2.45, 2.75) is 20.8 Å². The third kappa shape index (κ3) is 3.61. The third-order valence-electron chi connectivity index (χ3n) is 3.28. The van der Waals surface area contributed by atoms with Crippen molar-refractivity contribution in [1.29, 1.82) is 0 Å². The van der Waals surface area contributed by atoms with Crippen LogP contribution in [0, 0.1) is 18.8 Å². The molecule has 122 valence electrons. The number of carbonyl (C=O) groups is 1. The second-order valence-corrected chi connectivity index (χ2v) is 4.72. The predicted octanol–water partition coefficient (Wildman–Crippen LogP) is 3.25. The molecule has 5 heteroatoms. The molecule has 0 amide bonds. The minimum Gasteiger partial charge on any atom is -0.465 e. The van der Waals surface area contributed by atoms with Crippen LogP contribution in [0.1, 0.15) is 41.2 Å². The number of methoxy groups -OCH3 is 1. The van der Waals surface area contributed by atoms with Gasteiger partial charge in [-0.25, -0.2) is 4.79 Å². The number of benzene rings is 1. The number of aromatic nitrogens is 3. The van der Waals surface area contributed by atoms with Crippen LogP contribution < -0.4 is 0 Å². The molecule has 0 aliphatic rings. The summed E-state index contributed by atoms with van der Waals surface area (Å²) in [5.41, 5.74) is 2.96. The fourth-order valence-electron chi connectivity index (χ4n) is 2.05. The molecule has 2 heterocycles. The topological polar surface area (TPSA) is 56.5 Å². The maximum Gasteiger partial charge on any atom is 0.337 e. The van der Waals surface area contributed by atoms with E-state index in [1.54, 1.807) is 12.1 Å². The molecular formula is C19H19N3O2. The van der Waals surface area contributed by atoms with Crippen LogP contribution in [0.25, 0.3) is 5.65 Å². The summed E-state index contributed by atoms with van der Waals surface area (Å²) in [5, 5.41) is 8.11. The highest BCUT2D eigenvalue weighted by Crippen LogP contribution is 2.11. The van der Waals surface area contributed by atoms with E-state index >= 15 is 0 Å². The number of pyridine rings is 1. The Bertz CT molecular complexity index is 917. The van der Waals surface area contributed by atoms with Gasteiger partial charge >= 0.3 is 5.97 Å². The summed E-state index contributed by atoms with van der Waals surface area (Å²) in [5.74, 6) is 6.22. The Hall–Kier alpha value is -3.13. The summed E-state index contributed by atoms with van der Waals surface area (Å²) in [4.78, 5) is 11.6. The zero-order chi connectivity index (χ0) is 17.5. The monoisotopic (exact) mass is 321 g/mol. The van der Waals surface area contributed by atoms with Gasteiger partial charge in [0.25, 0.3) is 0 Å². The molecule has 0 N–H and O–H groups in total. The predicted molar refractivity (Wildman–Crippen MR) is 92.8 cm³/mol. The number of ether oxygens (including phenoxy) is 1. The Morgan fingerprint density at radius 3 is 2.67 bits per heavy atom. The largest absolute Gasteiger partial charge is 0.465 e. The second kappa shape index (κ2) is 7.93. The molecule has 0 radical (unpaired) electrons. The number of aryl methyl sites for hydroxylation is 1. The van der Waals surface area contributed by atoms with E-state index in [9.17, 15) is 4.79 Å². The number of nitrogens with zero attached hydrogens (tertiary/aromatic N) is 3. The first-order valence-electron chi connectivity index (χ1n) is 7.70. The van der Waals surface area contributed by atoms with Crippen LogP contribution in [0.5, 0.6) is 0 Å². The van der Waals surface area contributed by atoms with Gasteiger partial charge in [0, 0.05) is 11.8 Å². The van der Waals surface area contributed by atoms with Gasteiger partial charge in [0.2, 0.25) is 5.82 Å². The molecule has 0 unspecified atom stereocenters. The first-order chi connectivity index (χ1) is 11.7. The number of hydrogen-bond donors (Lipinski definition) is 0. The third-order valence-corrected chi connectivity index (χ3v) is 3.28. The van der Waals surface area contributed by atoms with Crippen molar-refractivity contribution in [2.75, 3.05) is 7.11 Å². The van der Waals surface area contributed by atoms with Crippen molar-refractivity contribution >= 4 is 11.6 Å². The Labute approximate surface area is 141 Å². The van der Waals surface area contributed by atoms with E-state index in [2.05, 4.69) is 22.0 Å². The maximum atomic E-state index is 11.6. The van der Waals surface area contributed by atoms with Gasteiger partial charge in [-0.1, -0.05) is 31.9 Å². The van der Waals surface area contributed by atoms with E-state index in [0.29, 0.717) is 11.4 Å². The van der Waals surface area contributed by atoms with Crippen molar-refractivity contribution in [3.05, 3.63) is 65.1 Å². The lowest BCUT2D eigenvalue weighted by atomic mass is 10.1. The fourth-order valence-corrected chi connectivity index (χ4v) is 2.05. The van der Waals surface area contributed by atoms with Gasteiger partial charge in [-0.05, 0) is 42.7 Å². The normalized spacial score (nSPS) is 9.50. The highest BCUT2D eigenvalue weighted by atomic mass is 16.5. The zero-order valence-electron chi connectivity index (χ0n) is 14.2. The van der Waals surface area contributed by atoms with Gasteiger partial charge in [0.15, 0.2) is 5.65 Å². The first-order valence-corrected chi connectivity index (χ1v) is 7.70. The molecule has 3 aromatic rings. The highest BCUT2D eigenvalue weighted by molar-refractivity contribution is 5.89. The highest BCUT2D eigenvalue weighted by Gasteiger charge is 2.07. The van der Waals surface area contributed by atoms with Crippen molar-refractivity contribution in [3.8, 4) is 11.8 Å². The van der Waals surface area contributed by atoms with Gasteiger partial charge < -0.3 is 4.74 Å². The van der Waals surface area contributed by atoms with Gasteiger partial charge in [-0.15, -0.1) is 10.2 Å². The van der Waals surface area contributed by atoms with Gasteiger partial charge in [0.05, 0.1) is 12.7 Å². The number of esters is 1. The van der Waals surface area contributed by atoms with Gasteiger partial charge in [-0.2, -0.15) is 0 Å². The lowest BCUT2D eigenvalue weighted by molar-refractivity contribution is 0.0600. The van der Waals surface area contributed by atoms with Crippen LogP contribution in [0.3, 0.4) is 0 Å². The van der Waals surface area contributed by atoms with Crippen LogP contribution in [-0.2, 0) is 4.74 Å². The summed E-state index contributed by atoms with van der Waals surface area (Å²) < 4.78 is 6.54. The molecule has 24 heavy (non-hydrogen) atoms. The summed E-state index contributed by atoms with van der Waals surface area (Å²) in [6.45, 7) is 5.94. The van der Waals surface area contributed by atoms with E-state index in [-0.39, 0.29) is 5.97 Å². The molecule has 2 aromatic heterocycles. The second-order valence-electron chi connectivity index (χ2n) is 4.72. The van der Waals surface area contributed by atoms with E-state index in [4.69, 9.17) is 4.74 Å². The molecule has 0 saturated carbocycles. The lowest BCUT2D eigenvalue weighted by Gasteiger charge is -2.02. The van der Waals surface area contributed by atoms with Crippen LogP contribution in [0.15, 0.2) is 42.6 Å². The smallest absolute Gasteiger partial charge is 0.337 e. The molecule has 3 rings (SSSR count). The van der Waals surface area contributed by atoms with E-state index in [1.807, 2.05) is 55.6 Å². The van der Waals surface area contributed by atoms with Crippen LogP contribution in [0.4, 0.5) is 0 Å². The number of rotatable bonds is 1. The minimum atomic E-state index is -0.379. The molecule has 0 bridgehead atoms. The van der Waals surface area contributed by atoms with E-state index in [0.717, 1.165) is 16.8 Å². The standard InChI is InChI=1S/C17H13N3O2.C2H6/c1-12-6-7-14(17(21)22-2)11-13(12)8-9-16-19-18-15-5-3-4-10-20(15)16;1-2/h3-7,10-11H,1-2H3;1-2H3. The average molecular weight is 321 g/mol. The van der Waals surface area contributed by atoms with Crippen molar-refractivity contribution in [1.82, 2.24) is 14.6 Å². The number of carbonyl (C=O) groups excluding carboxylic acids is 1. The Balaban J connectivity index is 0.00000100. The van der Waals surface area contributed by atoms with Crippen molar-refractivity contribution in [3.63, 3.8) is 0 Å². The van der Waals surface area contributed by atoms with Crippen molar-refractivity contribution in [2.24, 2.45) is 0 Å². The lowest BCUT2D eigenvalue weighted by Crippen LogP contribution is -2.01. The van der Waals surface area contributed by atoms with Crippen LogP contribution in [0.2, 0.25) is 0 Å². The number of hydrogen-bond acceptors (Lipinski definition) is 4. The molecule has 0 aliphatic heterocycles. The quantitative estimate of drug-likeness (QED) is 0.510. The SMILES string of the molecule is CC.COC(=O)c1ccc(C)c(C#Cc2nnc3ccccn23)c1. The van der Waals surface area contributed by atoms with Crippen LogP contribution in [-0.4, -0.2) is 27.7 Å². The summed E-state index contributed by atoms with van der Waals surface area (Å²) >= 11 is 0. The maximum absolute atomic E-state index is 11.6. The molecule has 1 aromatic carbocycles. The minimum absolute atomic E-state index is 0.379. The molecule has 5 nitrogen and oxygen atoms in total.